The highest BCUT2D eigenvalue weighted by molar-refractivity contribution is 5.85. The van der Waals surface area contributed by atoms with E-state index in [0.717, 1.165) is 18.5 Å². The van der Waals surface area contributed by atoms with Crippen molar-refractivity contribution in [3.05, 3.63) is 54.4 Å². The molecule has 0 saturated carbocycles. The zero-order chi connectivity index (χ0) is 15.6. The van der Waals surface area contributed by atoms with Gasteiger partial charge in [-0.05, 0) is 30.0 Å². The first-order chi connectivity index (χ1) is 10.6. The van der Waals surface area contributed by atoms with Crippen LogP contribution in [0.3, 0.4) is 0 Å². The van der Waals surface area contributed by atoms with Crippen LogP contribution in [-0.4, -0.2) is 40.2 Å². The molecule has 1 saturated heterocycles. The fourth-order valence-electron chi connectivity index (χ4n) is 3.03. The van der Waals surface area contributed by atoms with Crippen molar-refractivity contribution in [2.75, 3.05) is 19.6 Å². The van der Waals surface area contributed by atoms with Gasteiger partial charge in [0.2, 0.25) is 0 Å². The van der Waals surface area contributed by atoms with Gasteiger partial charge in [-0.25, -0.2) is 0 Å². The SMILES string of the molecule is CC1(CN)CCN(C(=O)C(c2ccccc2)n2cccn2)C1.Cl. The maximum absolute atomic E-state index is 13.1. The Morgan fingerprint density at radius 3 is 2.65 bits per heavy atom. The van der Waals surface area contributed by atoms with Crippen LogP contribution in [0.5, 0.6) is 0 Å². The number of nitrogens with zero attached hydrogens (tertiary/aromatic N) is 3. The number of halogens is 1. The summed E-state index contributed by atoms with van der Waals surface area (Å²) >= 11 is 0. The normalized spacial score (nSPS) is 21.7. The third-order valence-electron chi connectivity index (χ3n) is 4.50. The minimum absolute atomic E-state index is 0. The topological polar surface area (TPSA) is 64.2 Å². The molecule has 2 unspecified atom stereocenters. The van der Waals surface area contributed by atoms with Gasteiger partial charge in [0.25, 0.3) is 5.91 Å². The molecule has 1 aliphatic rings. The van der Waals surface area contributed by atoms with E-state index in [9.17, 15) is 4.79 Å². The van der Waals surface area contributed by atoms with E-state index in [2.05, 4.69) is 12.0 Å². The quantitative estimate of drug-likeness (QED) is 0.931. The standard InChI is InChI=1S/C17H22N4O.ClH/c1-17(12-18)8-11-20(13-17)16(22)15(21-10-5-9-19-21)14-6-3-2-4-7-14;/h2-7,9-10,15H,8,11-13,18H2,1H3;1H. The first-order valence-electron chi connectivity index (χ1n) is 7.66. The van der Waals surface area contributed by atoms with Crippen molar-refractivity contribution in [1.82, 2.24) is 14.7 Å². The summed E-state index contributed by atoms with van der Waals surface area (Å²) in [5.41, 5.74) is 6.84. The Morgan fingerprint density at radius 2 is 2.09 bits per heavy atom. The second-order valence-electron chi connectivity index (χ2n) is 6.32. The smallest absolute Gasteiger partial charge is 0.252 e. The number of nitrogens with two attached hydrogens (primary N) is 1. The summed E-state index contributed by atoms with van der Waals surface area (Å²) in [6.07, 6.45) is 4.50. The average Bonchev–Trinajstić information content (AvgIpc) is 3.19. The first-order valence-corrected chi connectivity index (χ1v) is 7.66. The van der Waals surface area contributed by atoms with Gasteiger partial charge in [-0.2, -0.15) is 5.10 Å². The molecule has 1 aliphatic heterocycles. The number of rotatable bonds is 4. The molecule has 1 amide bonds. The van der Waals surface area contributed by atoms with Crippen LogP contribution in [0, 0.1) is 5.41 Å². The van der Waals surface area contributed by atoms with Crippen LogP contribution in [0.2, 0.25) is 0 Å². The lowest BCUT2D eigenvalue weighted by Crippen LogP contribution is -2.39. The van der Waals surface area contributed by atoms with Crippen molar-refractivity contribution >= 4 is 18.3 Å². The summed E-state index contributed by atoms with van der Waals surface area (Å²) in [6, 6.07) is 11.2. The lowest BCUT2D eigenvalue weighted by Gasteiger charge is -2.26. The van der Waals surface area contributed by atoms with Crippen molar-refractivity contribution in [2.24, 2.45) is 11.1 Å². The Kier molecular flexibility index (Phi) is 5.44. The van der Waals surface area contributed by atoms with Gasteiger partial charge in [0, 0.05) is 25.5 Å². The molecule has 23 heavy (non-hydrogen) atoms. The van der Waals surface area contributed by atoms with Crippen molar-refractivity contribution < 1.29 is 4.79 Å². The highest BCUT2D eigenvalue weighted by Crippen LogP contribution is 2.31. The molecule has 5 nitrogen and oxygen atoms in total. The summed E-state index contributed by atoms with van der Waals surface area (Å²) in [4.78, 5) is 15.0. The molecule has 0 spiro atoms. The van der Waals surface area contributed by atoms with Gasteiger partial charge in [0.15, 0.2) is 6.04 Å². The largest absolute Gasteiger partial charge is 0.340 e. The molecule has 6 heteroatoms. The fraction of sp³-hybridized carbons (Fsp3) is 0.412. The van der Waals surface area contributed by atoms with E-state index >= 15 is 0 Å². The number of aromatic nitrogens is 2. The minimum Gasteiger partial charge on any atom is -0.340 e. The van der Waals surface area contributed by atoms with Crippen LogP contribution in [0.25, 0.3) is 0 Å². The van der Waals surface area contributed by atoms with E-state index < -0.39 is 6.04 Å². The molecule has 0 bridgehead atoms. The van der Waals surface area contributed by atoms with E-state index in [1.807, 2.05) is 47.5 Å². The van der Waals surface area contributed by atoms with Gasteiger partial charge in [-0.15, -0.1) is 12.4 Å². The molecule has 124 valence electrons. The van der Waals surface area contributed by atoms with Gasteiger partial charge in [0.1, 0.15) is 0 Å². The Bertz CT molecular complexity index is 631. The average molecular weight is 335 g/mol. The fourth-order valence-corrected chi connectivity index (χ4v) is 3.03. The maximum atomic E-state index is 13.1. The van der Waals surface area contributed by atoms with Crippen molar-refractivity contribution in [1.29, 1.82) is 0 Å². The predicted molar refractivity (Wildman–Crippen MR) is 92.4 cm³/mol. The second-order valence-corrected chi connectivity index (χ2v) is 6.32. The van der Waals surface area contributed by atoms with Gasteiger partial charge >= 0.3 is 0 Å². The maximum Gasteiger partial charge on any atom is 0.252 e. The Hall–Kier alpha value is -1.85. The molecule has 2 N–H and O–H groups in total. The van der Waals surface area contributed by atoms with E-state index in [0.29, 0.717) is 13.1 Å². The zero-order valence-electron chi connectivity index (χ0n) is 13.3. The summed E-state index contributed by atoms with van der Waals surface area (Å²) in [6.45, 7) is 4.23. The van der Waals surface area contributed by atoms with Crippen LogP contribution < -0.4 is 5.73 Å². The molecule has 1 fully saturated rings. The second kappa shape index (κ2) is 7.15. The van der Waals surface area contributed by atoms with Crippen LogP contribution in [0.15, 0.2) is 48.8 Å². The molecule has 2 heterocycles. The van der Waals surface area contributed by atoms with E-state index in [-0.39, 0.29) is 23.7 Å². The third kappa shape index (κ3) is 3.57. The van der Waals surface area contributed by atoms with E-state index in [4.69, 9.17) is 5.73 Å². The summed E-state index contributed by atoms with van der Waals surface area (Å²) < 4.78 is 1.73. The summed E-state index contributed by atoms with van der Waals surface area (Å²) in [5, 5.41) is 4.29. The lowest BCUT2D eigenvalue weighted by atomic mass is 9.90. The third-order valence-corrected chi connectivity index (χ3v) is 4.50. The Labute approximate surface area is 142 Å². The molecule has 1 aromatic heterocycles. The van der Waals surface area contributed by atoms with Gasteiger partial charge in [-0.1, -0.05) is 37.3 Å². The first kappa shape index (κ1) is 17.5. The van der Waals surface area contributed by atoms with Crippen molar-refractivity contribution in [3.8, 4) is 0 Å². The Morgan fingerprint density at radius 1 is 1.35 bits per heavy atom. The van der Waals surface area contributed by atoms with Gasteiger partial charge in [0.05, 0.1) is 0 Å². The highest BCUT2D eigenvalue weighted by Gasteiger charge is 2.38. The molecule has 2 atom stereocenters. The van der Waals surface area contributed by atoms with E-state index in [1.165, 1.54) is 0 Å². The molecule has 1 aromatic carbocycles. The van der Waals surface area contributed by atoms with Crippen LogP contribution in [-0.2, 0) is 4.79 Å². The van der Waals surface area contributed by atoms with Crippen molar-refractivity contribution in [2.45, 2.75) is 19.4 Å². The predicted octanol–water partition coefficient (Wildman–Crippen LogP) is 2.09. The summed E-state index contributed by atoms with van der Waals surface area (Å²) in [7, 11) is 0. The number of carbonyl (C=O) groups is 1. The van der Waals surface area contributed by atoms with Crippen LogP contribution in [0.1, 0.15) is 24.9 Å². The Balaban J connectivity index is 0.00000192. The van der Waals surface area contributed by atoms with Gasteiger partial charge in [-0.3, -0.25) is 9.48 Å². The molecule has 2 aromatic rings. The zero-order valence-corrected chi connectivity index (χ0v) is 14.1. The lowest BCUT2D eigenvalue weighted by molar-refractivity contribution is -0.133. The van der Waals surface area contributed by atoms with Crippen LogP contribution in [0.4, 0.5) is 0 Å². The van der Waals surface area contributed by atoms with Crippen molar-refractivity contribution in [3.63, 3.8) is 0 Å². The van der Waals surface area contributed by atoms with E-state index in [1.54, 1.807) is 10.9 Å². The molecular formula is C17H23ClN4O. The minimum atomic E-state index is -0.406. The van der Waals surface area contributed by atoms with Gasteiger partial charge < -0.3 is 10.6 Å². The summed E-state index contributed by atoms with van der Waals surface area (Å²) in [5.74, 6) is 0.0899. The monoisotopic (exact) mass is 334 g/mol. The molecule has 0 radical (unpaired) electrons. The number of carbonyl (C=O) groups excluding carboxylic acids is 1. The number of hydrogen-bond donors (Lipinski definition) is 1. The number of benzene rings is 1. The number of likely N-dealkylation sites (tertiary alicyclic amines) is 1. The number of amides is 1. The van der Waals surface area contributed by atoms with Crippen LogP contribution >= 0.6 is 12.4 Å². The molecular weight excluding hydrogens is 312 g/mol. The molecule has 0 aliphatic carbocycles. The number of hydrogen-bond acceptors (Lipinski definition) is 3. The molecule has 3 rings (SSSR count). The highest BCUT2D eigenvalue weighted by atomic mass is 35.5.